The molecule has 17 heteroatoms. The fourth-order valence-corrected chi connectivity index (χ4v) is 6.41. The van der Waals surface area contributed by atoms with E-state index >= 15 is 0 Å². The maximum absolute atomic E-state index is 13.3. The third-order valence-electron chi connectivity index (χ3n) is 7.47. The summed E-state index contributed by atoms with van der Waals surface area (Å²) in [6.07, 6.45) is 2.22. The number of nitrogens with one attached hydrogen (secondary N) is 2. The summed E-state index contributed by atoms with van der Waals surface area (Å²) >= 11 is 0. The molecule has 3 N–H and O–H groups in total. The lowest BCUT2D eigenvalue weighted by Crippen LogP contribution is -2.38. The van der Waals surface area contributed by atoms with Crippen LogP contribution in [0.1, 0.15) is 17.9 Å². The Bertz CT molecular complexity index is 1720. The van der Waals surface area contributed by atoms with E-state index in [0.717, 1.165) is 16.1 Å². The van der Waals surface area contributed by atoms with E-state index in [1.165, 1.54) is 43.5 Å². The number of rotatable bonds is 16. The summed E-state index contributed by atoms with van der Waals surface area (Å²) in [4.78, 5) is 27.5. The molecule has 0 saturated carbocycles. The minimum atomic E-state index is -3.96. The molecule has 16 nitrogen and oxygen atoms in total. The van der Waals surface area contributed by atoms with Gasteiger partial charge in [0.15, 0.2) is 17.3 Å². The molecule has 3 heterocycles. The Morgan fingerprint density at radius 1 is 1.10 bits per heavy atom. The van der Waals surface area contributed by atoms with Gasteiger partial charge in [-0.1, -0.05) is 6.07 Å². The van der Waals surface area contributed by atoms with Crippen molar-refractivity contribution in [3.05, 3.63) is 88.3 Å². The highest BCUT2D eigenvalue weighted by Gasteiger charge is 2.31. The number of nitrogens with zero attached hydrogens (tertiary/aromatic N) is 3. The van der Waals surface area contributed by atoms with Gasteiger partial charge in [-0.2, -0.15) is 4.31 Å². The molecule has 2 atom stereocenters. The molecule has 1 amide bonds. The second-order valence-electron chi connectivity index (χ2n) is 10.5. The molecule has 0 aliphatic carbocycles. The van der Waals surface area contributed by atoms with Gasteiger partial charge in [0.25, 0.3) is 11.6 Å². The highest BCUT2D eigenvalue weighted by atomic mass is 32.2. The number of nitro groups is 1. The van der Waals surface area contributed by atoms with Gasteiger partial charge in [0.2, 0.25) is 23.1 Å². The topological polar surface area (TPSA) is 201 Å². The Morgan fingerprint density at radius 3 is 2.60 bits per heavy atom. The number of sulfonamides is 1. The summed E-state index contributed by atoms with van der Waals surface area (Å²) in [5, 5.41) is 26.2. The van der Waals surface area contributed by atoms with Gasteiger partial charge in [0.1, 0.15) is 17.8 Å². The molecule has 0 saturated heterocycles. The molecule has 0 unspecified atom stereocenters. The molecule has 0 radical (unpaired) electrons. The Morgan fingerprint density at radius 2 is 1.90 bits per heavy atom. The second kappa shape index (κ2) is 15.7. The van der Waals surface area contributed by atoms with E-state index in [1.54, 1.807) is 12.1 Å². The van der Waals surface area contributed by atoms with Gasteiger partial charge in [0, 0.05) is 44.6 Å². The van der Waals surface area contributed by atoms with Gasteiger partial charge >= 0.3 is 0 Å². The minimum Gasteiger partial charge on any atom is -0.497 e. The quantitative estimate of drug-likeness (QED) is 0.113. The predicted octanol–water partition coefficient (Wildman–Crippen LogP) is 2.37. The number of aliphatic hydroxyl groups is 1. The lowest BCUT2D eigenvalue weighted by atomic mass is 9.92. The SMILES string of the molecule is COc1ccc(S(=O)(=O)N(CCO)CCO[C@H]2C[C@@H](c3ccc4c(c3)OCO4)C=C(C(=O)NCCNc3ccc([N+](=O)[O-])cn3)O2)cc1. The molecule has 0 fully saturated rings. The van der Waals surface area contributed by atoms with E-state index in [-0.39, 0.29) is 61.8 Å². The van der Waals surface area contributed by atoms with Crippen LogP contribution in [0.3, 0.4) is 0 Å². The highest BCUT2D eigenvalue weighted by Crippen LogP contribution is 2.38. The summed E-state index contributed by atoms with van der Waals surface area (Å²) in [5.74, 6) is 1.28. The smallest absolute Gasteiger partial charge is 0.287 e. The van der Waals surface area contributed by atoms with Crippen molar-refractivity contribution in [2.75, 3.05) is 58.6 Å². The van der Waals surface area contributed by atoms with Gasteiger partial charge in [0.05, 0.1) is 30.1 Å². The van der Waals surface area contributed by atoms with Gasteiger partial charge in [-0.15, -0.1) is 0 Å². The Balaban J connectivity index is 1.23. The zero-order valence-electron chi connectivity index (χ0n) is 25.9. The first-order valence-corrected chi connectivity index (χ1v) is 16.4. The number of allylic oxidation sites excluding steroid dienone is 1. The number of carbonyl (C=O) groups excluding carboxylic acids is 1. The van der Waals surface area contributed by atoms with Gasteiger partial charge < -0.3 is 39.4 Å². The third kappa shape index (κ3) is 8.48. The maximum atomic E-state index is 13.3. The van der Waals surface area contributed by atoms with Crippen molar-refractivity contribution in [3.63, 3.8) is 0 Å². The molecule has 3 aromatic rings. The van der Waals surface area contributed by atoms with Crippen LogP contribution in [0.15, 0.2) is 77.5 Å². The number of hydrogen-bond donors (Lipinski definition) is 3. The van der Waals surface area contributed by atoms with Gasteiger partial charge in [-0.05, 0) is 54.1 Å². The fraction of sp³-hybridized carbons (Fsp3) is 0.355. The number of aliphatic hydroxyl groups excluding tert-OH is 1. The average molecular weight is 686 g/mol. The van der Waals surface area contributed by atoms with Crippen LogP contribution < -0.4 is 24.8 Å². The number of anilines is 1. The number of aromatic nitrogens is 1. The Hall–Kier alpha value is -4.97. The van der Waals surface area contributed by atoms with Crippen molar-refractivity contribution in [1.29, 1.82) is 0 Å². The zero-order valence-corrected chi connectivity index (χ0v) is 26.8. The van der Waals surface area contributed by atoms with Gasteiger partial charge in [-0.25, -0.2) is 13.4 Å². The number of pyridine rings is 1. The molecular formula is C31H35N5O11S. The number of methoxy groups -OCH3 is 1. The van der Waals surface area contributed by atoms with Crippen molar-refractivity contribution in [2.45, 2.75) is 23.5 Å². The number of amides is 1. The molecule has 5 rings (SSSR count). The number of carbonyl (C=O) groups is 1. The minimum absolute atomic E-state index is 0.0143. The maximum Gasteiger partial charge on any atom is 0.287 e. The predicted molar refractivity (Wildman–Crippen MR) is 170 cm³/mol. The van der Waals surface area contributed by atoms with E-state index in [9.17, 15) is 28.4 Å². The molecule has 1 aromatic heterocycles. The molecule has 2 aromatic carbocycles. The summed E-state index contributed by atoms with van der Waals surface area (Å²) in [6.45, 7) is -0.165. The number of ether oxygens (including phenoxy) is 5. The largest absolute Gasteiger partial charge is 0.497 e. The van der Waals surface area contributed by atoms with Crippen molar-refractivity contribution in [1.82, 2.24) is 14.6 Å². The Labute approximate surface area is 276 Å². The van der Waals surface area contributed by atoms with Crippen LogP contribution in [0.4, 0.5) is 11.5 Å². The summed E-state index contributed by atoms with van der Waals surface area (Å²) < 4.78 is 55.7. The summed E-state index contributed by atoms with van der Waals surface area (Å²) in [6, 6.07) is 14.2. The highest BCUT2D eigenvalue weighted by molar-refractivity contribution is 7.89. The second-order valence-corrected chi connectivity index (χ2v) is 12.5. The zero-order chi connectivity index (χ0) is 34.1. The van der Waals surface area contributed by atoms with E-state index in [4.69, 9.17) is 23.7 Å². The van der Waals surface area contributed by atoms with E-state index < -0.39 is 33.8 Å². The number of benzene rings is 2. The normalized spacial score (nSPS) is 16.9. The summed E-state index contributed by atoms with van der Waals surface area (Å²) in [5.41, 5.74) is 0.695. The van der Waals surface area contributed by atoms with Crippen LogP contribution in [0, 0.1) is 10.1 Å². The van der Waals surface area contributed by atoms with Crippen LogP contribution in [-0.4, -0.2) is 93.2 Å². The molecule has 48 heavy (non-hydrogen) atoms. The van der Waals surface area contributed by atoms with E-state index in [1.807, 2.05) is 12.1 Å². The first-order chi connectivity index (χ1) is 23.2. The van der Waals surface area contributed by atoms with Crippen molar-refractivity contribution in [3.8, 4) is 17.2 Å². The van der Waals surface area contributed by atoms with Crippen LogP contribution in [0.5, 0.6) is 17.2 Å². The first-order valence-electron chi connectivity index (χ1n) is 14.9. The molecular weight excluding hydrogens is 650 g/mol. The van der Waals surface area contributed by atoms with E-state index in [0.29, 0.717) is 29.5 Å². The number of fused-ring (bicyclic) bond motifs is 1. The van der Waals surface area contributed by atoms with Crippen molar-refractivity contribution < 1.29 is 46.9 Å². The average Bonchev–Trinajstić information content (AvgIpc) is 3.58. The monoisotopic (exact) mass is 685 g/mol. The third-order valence-corrected chi connectivity index (χ3v) is 9.39. The van der Waals surface area contributed by atoms with Crippen LogP contribution in [-0.2, 0) is 24.3 Å². The van der Waals surface area contributed by atoms with E-state index in [2.05, 4.69) is 15.6 Å². The van der Waals surface area contributed by atoms with Crippen LogP contribution in [0.2, 0.25) is 0 Å². The number of hydrogen-bond acceptors (Lipinski definition) is 13. The van der Waals surface area contributed by atoms with Crippen LogP contribution in [0.25, 0.3) is 0 Å². The molecule has 2 aliphatic rings. The van der Waals surface area contributed by atoms with Crippen molar-refractivity contribution >= 4 is 27.4 Å². The standard InChI is InChI=1S/C31H35N5O11S/c1-43-24-4-6-25(7-5-24)48(41,42)35(12-14-37)13-15-44-30-18-22(21-2-8-26-27(16-21)46-20-45-26)17-28(47-30)31(38)33-11-10-32-29-9-3-23(19-34-29)36(39)40/h2-9,16-17,19,22,30,37H,10-15,18,20H2,1H3,(H,32,34)(H,33,38)/t22-,30+/m0/s1. The van der Waals surface area contributed by atoms with Crippen LogP contribution >= 0.6 is 0 Å². The van der Waals surface area contributed by atoms with Gasteiger partial charge in [-0.3, -0.25) is 14.9 Å². The first kappa shape index (κ1) is 34.4. The lowest BCUT2D eigenvalue weighted by Gasteiger charge is -2.30. The lowest BCUT2D eigenvalue weighted by molar-refractivity contribution is -0.385. The summed E-state index contributed by atoms with van der Waals surface area (Å²) in [7, 11) is -2.48. The van der Waals surface area contributed by atoms with Crippen molar-refractivity contribution in [2.24, 2.45) is 0 Å². The molecule has 0 bridgehead atoms. The molecule has 2 aliphatic heterocycles. The Kier molecular flexibility index (Phi) is 11.3. The molecule has 0 spiro atoms. The molecule has 256 valence electrons. The fourth-order valence-electron chi connectivity index (χ4n) is 4.99.